The van der Waals surface area contributed by atoms with Crippen LogP contribution in [0.5, 0.6) is 0 Å². The molecule has 0 saturated carbocycles. The van der Waals surface area contributed by atoms with Gasteiger partial charge in [0.15, 0.2) is 0 Å². The Labute approximate surface area is 177 Å². The van der Waals surface area contributed by atoms with Crippen LogP contribution in [-0.4, -0.2) is 35.4 Å². The number of amides is 1. The first-order valence-corrected chi connectivity index (χ1v) is 10.7. The normalized spacial score (nSPS) is 15.7. The second-order valence-electron chi connectivity index (χ2n) is 8.07. The van der Waals surface area contributed by atoms with E-state index in [0.717, 1.165) is 37.4 Å². The molecule has 3 heterocycles. The summed E-state index contributed by atoms with van der Waals surface area (Å²) in [5.41, 5.74) is 6.28. The van der Waals surface area contributed by atoms with Gasteiger partial charge in [0, 0.05) is 43.8 Å². The van der Waals surface area contributed by atoms with E-state index in [1.165, 1.54) is 29.7 Å². The van der Waals surface area contributed by atoms with Gasteiger partial charge in [-0.25, -0.2) is 0 Å². The third kappa shape index (κ3) is 3.88. The Morgan fingerprint density at radius 3 is 2.43 bits per heavy atom. The molecular formula is C25H26N4O. The van der Waals surface area contributed by atoms with Crippen LogP contribution in [0.4, 0.5) is 17.1 Å². The molecule has 5 rings (SSSR count). The average Bonchev–Trinajstić information content (AvgIpc) is 3.34. The first-order valence-electron chi connectivity index (χ1n) is 10.7. The molecule has 0 atom stereocenters. The maximum atomic E-state index is 13.1. The maximum absolute atomic E-state index is 13.1. The average molecular weight is 399 g/mol. The summed E-state index contributed by atoms with van der Waals surface area (Å²) < 4.78 is 0. The highest BCUT2D eigenvalue weighted by atomic mass is 16.2. The molecule has 152 valence electrons. The smallest absolute Gasteiger partial charge is 0.255 e. The molecule has 2 aliphatic rings. The molecule has 5 heteroatoms. The van der Waals surface area contributed by atoms with Crippen molar-refractivity contribution in [1.82, 2.24) is 9.88 Å². The van der Waals surface area contributed by atoms with Crippen molar-refractivity contribution >= 4 is 23.0 Å². The Bertz CT molecular complexity index is 1040. The summed E-state index contributed by atoms with van der Waals surface area (Å²) >= 11 is 0. The zero-order valence-corrected chi connectivity index (χ0v) is 17.1. The maximum Gasteiger partial charge on any atom is 0.255 e. The number of carbonyl (C=O) groups excluding carboxylic acids is 1. The zero-order chi connectivity index (χ0) is 20.3. The van der Waals surface area contributed by atoms with Gasteiger partial charge in [0.1, 0.15) is 0 Å². The van der Waals surface area contributed by atoms with Gasteiger partial charge in [-0.1, -0.05) is 24.3 Å². The topological polar surface area (TPSA) is 48.5 Å². The first-order chi connectivity index (χ1) is 14.8. The molecule has 1 fully saturated rings. The van der Waals surface area contributed by atoms with Gasteiger partial charge < -0.3 is 15.1 Å². The lowest BCUT2D eigenvalue weighted by Gasteiger charge is -2.29. The van der Waals surface area contributed by atoms with Crippen LogP contribution in [0.3, 0.4) is 0 Å². The second-order valence-corrected chi connectivity index (χ2v) is 8.07. The molecule has 30 heavy (non-hydrogen) atoms. The molecule has 5 nitrogen and oxygen atoms in total. The highest BCUT2D eigenvalue weighted by molar-refractivity contribution is 5.95. The van der Waals surface area contributed by atoms with Crippen molar-refractivity contribution in [1.29, 1.82) is 0 Å². The van der Waals surface area contributed by atoms with Gasteiger partial charge >= 0.3 is 0 Å². The molecule has 0 radical (unpaired) electrons. The van der Waals surface area contributed by atoms with Crippen molar-refractivity contribution in [2.75, 3.05) is 29.9 Å². The van der Waals surface area contributed by atoms with Crippen molar-refractivity contribution in [3.63, 3.8) is 0 Å². The van der Waals surface area contributed by atoms with Gasteiger partial charge in [0.2, 0.25) is 0 Å². The highest BCUT2D eigenvalue weighted by Gasteiger charge is 2.22. The fraction of sp³-hybridized carbons (Fsp3) is 0.280. The van der Waals surface area contributed by atoms with E-state index in [1.54, 1.807) is 12.4 Å². The summed E-state index contributed by atoms with van der Waals surface area (Å²) in [5.74, 6) is 0.0324. The van der Waals surface area contributed by atoms with Crippen LogP contribution in [0.25, 0.3) is 0 Å². The van der Waals surface area contributed by atoms with Crippen LogP contribution >= 0.6 is 0 Å². The van der Waals surface area contributed by atoms with Gasteiger partial charge in [-0.3, -0.25) is 9.78 Å². The Balaban J connectivity index is 1.28. The predicted molar refractivity (Wildman–Crippen MR) is 120 cm³/mol. The van der Waals surface area contributed by atoms with Crippen molar-refractivity contribution in [3.8, 4) is 0 Å². The predicted octanol–water partition coefficient (Wildman–Crippen LogP) is 4.62. The van der Waals surface area contributed by atoms with E-state index in [-0.39, 0.29) is 5.91 Å². The highest BCUT2D eigenvalue weighted by Crippen LogP contribution is 2.25. The van der Waals surface area contributed by atoms with Crippen molar-refractivity contribution in [2.45, 2.75) is 25.8 Å². The minimum absolute atomic E-state index is 0.0324. The number of benzene rings is 2. The summed E-state index contributed by atoms with van der Waals surface area (Å²) in [6.07, 6.45) is 6.86. The lowest BCUT2D eigenvalue weighted by atomic mass is 9.99. The summed E-state index contributed by atoms with van der Waals surface area (Å²) in [7, 11) is 0. The van der Waals surface area contributed by atoms with Gasteiger partial charge in [-0.05, 0) is 60.7 Å². The number of rotatable bonds is 4. The summed E-state index contributed by atoms with van der Waals surface area (Å²) in [5, 5.41) is 3.38. The van der Waals surface area contributed by atoms with E-state index in [4.69, 9.17) is 0 Å². The number of pyridine rings is 1. The minimum atomic E-state index is 0.0324. The van der Waals surface area contributed by atoms with Gasteiger partial charge in [-0.2, -0.15) is 0 Å². The largest absolute Gasteiger partial charge is 0.372 e. The van der Waals surface area contributed by atoms with E-state index in [0.29, 0.717) is 12.1 Å². The molecule has 1 saturated heterocycles. The summed E-state index contributed by atoms with van der Waals surface area (Å²) in [6.45, 7) is 3.68. The van der Waals surface area contributed by atoms with Crippen LogP contribution in [0.2, 0.25) is 0 Å². The third-order valence-electron chi connectivity index (χ3n) is 6.03. The number of hydrogen-bond acceptors (Lipinski definition) is 4. The number of nitrogens with zero attached hydrogens (tertiary/aromatic N) is 3. The Morgan fingerprint density at radius 1 is 0.867 bits per heavy atom. The van der Waals surface area contributed by atoms with Crippen molar-refractivity contribution in [2.24, 2.45) is 0 Å². The third-order valence-corrected chi connectivity index (χ3v) is 6.03. The Morgan fingerprint density at radius 2 is 1.63 bits per heavy atom. The van der Waals surface area contributed by atoms with Crippen LogP contribution in [0.1, 0.15) is 34.3 Å². The zero-order valence-electron chi connectivity index (χ0n) is 17.1. The Hall–Kier alpha value is -3.34. The van der Waals surface area contributed by atoms with Crippen molar-refractivity contribution < 1.29 is 4.79 Å². The number of nitrogens with one attached hydrogen (secondary N) is 1. The number of anilines is 3. The Kier molecular flexibility index (Phi) is 5.10. The number of aromatic nitrogens is 1. The van der Waals surface area contributed by atoms with Gasteiger partial charge in [0.05, 0.1) is 17.4 Å². The quantitative estimate of drug-likeness (QED) is 0.696. The second kappa shape index (κ2) is 8.19. The molecule has 1 N–H and O–H groups in total. The first kappa shape index (κ1) is 18.7. The van der Waals surface area contributed by atoms with Gasteiger partial charge in [0.25, 0.3) is 5.91 Å². The van der Waals surface area contributed by atoms with E-state index in [9.17, 15) is 4.79 Å². The van der Waals surface area contributed by atoms with Crippen LogP contribution in [0, 0.1) is 0 Å². The number of fused-ring (bicyclic) bond motifs is 1. The molecule has 0 unspecified atom stereocenters. The van der Waals surface area contributed by atoms with Gasteiger partial charge in [-0.15, -0.1) is 0 Å². The van der Waals surface area contributed by atoms with Crippen LogP contribution < -0.4 is 10.2 Å². The lowest BCUT2D eigenvalue weighted by molar-refractivity contribution is 0.0734. The molecule has 1 amide bonds. The fourth-order valence-corrected chi connectivity index (χ4v) is 4.37. The standard InChI is InChI=1S/C25H26N4O/c30-25(29-14-11-19-5-1-2-6-20(19)18-29)21-15-23(17-26-16-21)27-22-7-9-24(10-8-22)28-12-3-4-13-28/h1-2,5-10,15-17,27H,3-4,11-14,18H2. The minimum Gasteiger partial charge on any atom is -0.372 e. The lowest BCUT2D eigenvalue weighted by Crippen LogP contribution is -2.36. The molecule has 2 aliphatic heterocycles. The van der Waals surface area contributed by atoms with Crippen LogP contribution in [0.15, 0.2) is 67.0 Å². The molecular weight excluding hydrogens is 372 g/mol. The molecule has 0 aliphatic carbocycles. The van der Waals surface area contributed by atoms with E-state index < -0.39 is 0 Å². The summed E-state index contributed by atoms with van der Waals surface area (Å²) in [6, 6.07) is 18.7. The van der Waals surface area contributed by atoms with Crippen LogP contribution in [-0.2, 0) is 13.0 Å². The van der Waals surface area contributed by atoms with E-state index >= 15 is 0 Å². The monoisotopic (exact) mass is 398 g/mol. The van der Waals surface area contributed by atoms with E-state index in [1.807, 2.05) is 17.0 Å². The fourth-order valence-electron chi connectivity index (χ4n) is 4.37. The van der Waals surface area contributed by atoms with E-state index in [2.05, 4.69) is 57.7 Å². The molecule has 1 aromatic heterocycles. The number of hydrogen-bond donors (Lipinski definition) is 1. The molecule has 2 aromatic carbocycles. The molecule has 0 spiro atoms. The number of carbonyl (C=O) groups is 1. The molecule has 0 bridgehead atoms. The molecule has 3 aromatic rings. The van der Waals surface area contributed by atoms with Crippen molar-refractivity contribution in [3.05, 3.63) is 83.7 Å². The SMILES string of the molecule is O=C(c1cncc(Nc2ccc(N3CCCC3)cc2)c1)N1CCc2ccccc2C1. The summed E-state index contributed by atoms with van der Waals surface area (Å²) in [4.78, 5) is 21.7.